The Balaban J connectivity index is 2.18. The van der Waals surface area contributed by atoms with Gasteiger partial charge in [0.25, 0.3) is 0 Å². The van der Waals surface area contributed by atoms with E-state index in [-0.39, 0.29) is 5.41 Å². The van der Waals surface area contributed by atoms with Crippen LogP contribution in [0.4, 0.5) is 0 Å². The van der Waals surface area contributed by atoms with E-state index in [0.29, 0.717) is 0 Å². The Hall–Kier alpha value is -0.890. The van der Waals surface area contributed by atoms with Gasteiger partial charge in [-0.3, -0.25) is 4.98 Å². The highest BCUT2D eigenvalue weighted by Crippen LogP contribution is 2.45. The van der Waals surface area contributed by atoms with Crippen LogP contribution in [0.5, 0.6) is 0 Å². The molecular weight excluding hydrogens is 198 g/mol. The molecule has 16 heavy (non-hydrogen) atoms. The summed E-state index contributed by atoms with van der Waals surface area (Å²) < 4.78 is 0. The minimum absolute atomic E-state index is 0.0223. The maximum absolute atomic E-state index is 10.8. The van der Waals surface area contributed by atoms with Crippen molar-refractivity contribution in [3.63, 3.8) is 0 Å². The fourth-order valence-corrected chi connectivity index (χ4v) is 2.72. The maximum atomic E-state index is 10.8. The third-order valence-corrected chi connectivity index (χ3v) is 4.15. The summed E-state index contributed by atoms with van der Waals surface area (Å²) in [5.74, 6) is 0. The van der Waals surface area contributed by atoms with E-state index in [2.05, 4.69) is 18.8 Å². The number of rotatable bonds is 2. The molecule has 1 aromatic heterocycles. The van der Waals surface area contributed by atoms with Crippen molar-refractivity contribution in [3.05, 3.63) is 30.1 Å². The minimum Gasteiger partial charge on any atom is -0.389 e. The summed E-state index contributed by atoms with van der Waals surface area (Å²) in [4.78, 5) is 4.02. The average Bonchev–Trinajstić information content (AvgIpc) is 2.24. The Morgan fingerprint density at radius 1 is 1.19 bits per heavy atom. The largest absolute Gasteiger partial charge is 0.389 e. The summed E-state index contributed by atoms with van der Waals surface area (Å²) in [7, 11) is 0. The zero-order valence-electron chi connectivity index (χ0n) is 10.2. The first kappa shape index (κ1) is 11.6. The standard InChI is InChI=1S/C14H21NO/c1-13(2)7-3-4-8-14(13,16)11-12-5-9-15-10-6-12/h5-6,9-10,16H,3-4,7-8,11H2,1-2H3. The summed E-state index contributed by atoms with van der Waals surface area (Å²) in [6.45, 7) is 4.38. The van der Waals surface area contributed by atoms with Crippen LogP contribution in [0.25, 0.3) is 0 Å². The second kappa shape index (κ2) is 4.17. The lowest BCUT2D eigenvalue weighted by atomic mass is 9.63. The van der Waals surface area contributed by atoms with Gasteiger partial charge in [0.15, 0.2) is 0 Å². The fourth-order valence-electron chi connectivity index (χ4n) is 2.72. The van der Waals surface area contributed by atoms with Gasteiger partial charge in [0, 0.05) is 18.8 Å². The van der Waals surface area contributed by atoms with E-state index in [1.54, 1.807) is 12.4 Å². The van der Waals surface area contributed by atoms with Crippen LogP contribution in [0.15, 0.2) is 24.5 Å². The van der Waals surface area contributed by atoms with Crippen molar-refractivity contribution < 1.29 is 5.11 Å². The summed E-state index contributed by atoms with van der Waals surface area (Å²) >= 11 is 0. The molecule has 2 heteroatoms. The Labute approximate surface area is 97.7 Å². The average molecular weight is 219 g/mol. The van der Waals surface area contributed by atoms with E-state index in [9.17, 15) is 5.11 Å². The van der Waals surface area contributed by atoms with Gasteiger partial charge in [-0.1, -0.05) is 26.7 Å². The molecule has 1 fully saturated rings. The molecule has 0 radical (unpaired) electrons. The van der Waals surface area contributed by atoms with E-state index in [1.807, 2.05) is 12.1 Å². The van der Waals surface area contributed by atoms with E-state index in [0.717, 1.165) is 25.7 Å². The molecule has 2 rings (SSSR count). The molecule has 0 bridgehead atoms. The molecule has 1 aromatic rings. The molecule has 1 atom stereocenters. The number of hydrogen-bond acceptors (Lipinski definition) is 2. The van der Waals surface area contributed by atoms with Gasteiger partial charge in [0.1, 0.15) is 0 Å². The lowest BCUT2D eigenvalue weighted by molar-refractivity contribution is -0.0958. The van der Waals surface area contributed by atoms with Crippen molar-refractivity contribution in [3.8, 4) is 0 Å². The molecule has 0 saturated heterocycles. The highest BCUT2D eigenvalue weighted by Gasteiger charge is 2.44. The van der Waals surface area contributed by atoms with Crippen LogP contribution in [0.3, 0.4) is 0 Å². The molecule has 1 heterocycles. The van der Waals surface area contributed by atoms with Gasteiger partial charge in [-0.25, -0.2) is 0 Å². The van der Waals surface area contributed by atoms with Gasteiger partial charge in [-0.2, -0.15) is 0 Å². The third kappa shape index (κ3) is 2.12. The lowest BCUT2D eigenvalue weighted by Gasteiger charge is -2.46. The first-order valence-electron chi connectivity index (χ1n) is 6.15. The monoisotopic (exact) mass is 219 g/mol. The van der Waals surface area contributed by atoms with Crippen LogP contribution in [-0.4, -0.2) is 15.7 Å². The Bertz CT molecular complexity index is 347. The van der Waals surface area contributed by atoms with Gasteiger partial charge in [0.2, 0.25) is 0 Å². The maximum Gasteiger partial charge on any atom is 0.0738 e. The van der Waals surface area contributed by atoms with Crippen molar-refractivity contribution in [2.45, 2.75) is 51.6 Å². The van der Waals surface area contributed by atoms with Crippen molar-refractivity contribution in [2.75, 3.05) is 0 Å². The highest BCUT2D eigenvalue weighted by atomic mass is 16.3. The molecule has 1 N–H and O–H groups in total. The smallest absolute Gasteiger partial charge is 0.0738 e. The van der Waals surface area contributed by atoms with Crippen LogP contribution < -0.4 is 0 Å². The van der Waals surface area contributed by atoms with Gasteiger partial charge in [-0.15, -0.1) is 0 Å². The van der Waals surface area contributed by atoms with E-state index in [1.165, 1.54) is 12.0 Å². The van der Waals surface area contributed by atoms with Crippen LogP contribution in [0, 0.1) is 5.41 Å². The summed E-state index contributed by atoms with van der Waals surface area (Å²) in [5.41, 5.74) is 0.661. The normalized spacial score (nSPS) is 28.9. The van der Waals surface area contributed by atoms with E-state index in [4.69, 9.17) is 0 Å². The first-order valence-corrected chi connectivity index (χ1v) is 6.15. The zero-order valence-corrected chi connectivity index (χ0v) is 10.2. The summed E-state index contributed by atoms with van der Waals surface area (Å²) in [5, 5.41) is 10.8. The Morgan fingerprint density at radius 2 is 1.81 bits per heavy atom. The van der Waals surface area contributed by atoms with E-state index < -0.39 is 5.60 Å². The fraction of sp³-hybridized carbons (Fsp3) is 0.643. The predicted molar refractivity (Wildman–Crippen MR) is 65.1 cm³/mol. The van der Waals surface area contributed by atoms with Crippen molar-refractivity contribution in [1.82, 2.24) is 4.98 Å². The number of aliphatic hydroxyl groups is 1. The second-order valence-electron chi connectivity index (χ2n) is 5.65. The number of hydrogen-bond donors (Lipinski definition) is 1. The summed E-state index contributed by atoms with van der Waals surface area (Å²) in [6, 6.07) is 4.01. The number of nitrogens with zero attached hydrogens (tertiary/aromatic N) is 1. The minimum atomic E-state index is -0.549. The number of pyridine rings is 1. The van der Waals surface area contributed by atoms with Gasteiger partial charge in [-0.05, 0) is 36.0 Å². The molecule has 1 aliphatic carbocycles. The molecule has 1 unspecified atom stereocenters. The van der Waals surface area contributed by atoms with Crippen molar-refractivity contribution in [1.29, 1.82) is 0 Å². The van der Waals surface area contributed by atoms with Crippen molar-refractivity contribution in [2.24, 2.45) is 5.41 Å². The summed E-state index contributed by atoms with van der Waals surface area (Å²) in [6.07, 6.45) is 8.78. The number of aromatic nitrogens is 1. The van der Waals surface area contributed by atoms with Gasteiger partial charge in [0.05, 0.1) is 5.60 Å². The van der Waals surface area contributed by atoms with Crippen LogP contribution in [-0.2, 0) is 6.42 Å². The van der Waals surface area contributed by atoms with Crippen LogP contribution in [0.1, 0.15) is 45.1 Å². The molecule has 88 valence electrons. The lowest BCUT2D eigenvalue weighted by Crippen LogP contribution is -2.48. The highest BCUT2D eigenvalue weighted by molar-refractivity contribution is 5.15. The third-order valence-electron chi connectivity index (χ3n) is 4.15. The topological polar surface area (TPSA) is 33.1 Å². The molecule has 2 nitrogen and oxygen atoms in total. The van der Waals surface area contributed by atoms with Crippen LogP contribution in [0.2, 0.25) is 0 Å². The van der Waals surface area contributed by atoms with Crippen LogP contribution >= 0.6 is 0 Å². The Morgan fingerprint density at radius 3 is 2.44 bits per heavy atom. The molecular formula is C14H21NO. The SMILES string of the molecule is CC1(C)CCCCC1(O)Cc1ccncc1. The quantitative estimate of drug-likeness (QED) is 0.829. The molecule has 0 spiro atoms. The first-order chi connectivity index (χ1) is 7.54. The molecule has 1 aliphatic rings. The predicted octanol–water partition coefficient (Wildman–Crippen LogP) is 2.96. The second-order valence-corrected chi connectivity index (χ2v) is 5.65. The molecule has 0 aromatic carbocycles. The molecule has 1 saturated carbocycles. The van der Waals surface area contributed by atoms with Gasteiger partial charge >= 0.3 is 0 Å². The van der Waals surface area contributed by atoms with Crippen molar-refractivity contribution >= 4 is 0 Å². The molecule has 0 aliphatic heterocycles. The molecule has 0 amide bonds. The Kier molecular flexibility index (Phi) is 3.02. The zero-order chi connectivity index (χ0) is 11.6. The van der Waals surface area contributed by atoms with E-state index >= 15 is 0 Å². The van der Waals surface area contributed by atoms with Gasteiger partial charge < -0.3 is 5.11 Å².